The molecule has 124 valence electrons. The van der Waals surface area contributed by atoms with Crippen molar-refractivity contribution in [3.05, 3.63) is 102 Å². The topological polar surface area (TPSA) is 63.6 Å². The van der Waals surface area contributed by atoms with Crippen molar-refractivity contribution in [2.24, 2.45) is 0 Å². The van der Waals surface area contributed by atoms with Crippen LogP contribution >= 0.6 is 0 Å². The van der Waals surface area contributed by atoms with Crippen LogP contribution in [0.3, 0.4) is 0 Å². The van der Waals surface area contributed by atoms with Crippen LogP contribution < -0.4 is 4.74 Å². The standard InChI is InChI=1S/C21H16O4/c22-15-16-11-13-19(14-12-16)25-20(23)21(24,17-7-3-1-4-8-17)18-9-5-2-6-10-18/h1-15,24H. The lowest BCUT2D eigenvalue weighted by molar-refractivity contribution is -0.152. The van der Waals surface area contributed by atoms with E-state index >= 15 is 0 Å². The third-order valence-corrected chi connectivity index (χ3v) is 3.91. The number of esters is 1. The first-order valence-electron chi connectivity index (χ1n) is 7.75. The largest absolute Gasteiger partial charge is 0.424 e. The highest BCUT2D eigenvalue weighted by Gasteiger charge is 2.41. The van der Waals surface area contributed by atoms with Gasteiger partial charge in [0.2, 0.25) is 5.60 Å². The third kappa shape index (κ3) is 3.34. The van der Waals surface area contributed by atoms with Gasteiger partial charge in [0.05, 0.1) is 0 Å². The molecule has 0 aromatic heterocycles. The van der Waals surface area contributed by atoms with Gasteiger partial charge in [-0.05, 0) is 35.4 Å². The molecule has 0 heterocycles. The number of ether oxygens (including phenoxy) is 1. The van der Waals surface area contributed by atoms with Crippen LogP contribution in [0, 0.1) is 0 Å². The van der Waals surface area contributed by atoms with Gasteiger partial charge < -0.3 is 9.84 Å². The first-order chi connectivity index (χ1) is 12.1. The molecule has 0 atom stereocenters. The van der Waals surface area contributed by atoms with Gasteiger partial charge in [-0.1, -0.05) is 60.7 Å². The van der Waals surface area contributed by atoms with Gasteiger partial charge in [0.25, 0.3) is 0 Å². The predicted octanol–water partition coefficient (Wildman–Crippen LogP) is 3.34. The Morgan fingerprint density at radius 1 is 0.800 bits per heavy atom. The summed E-state index contributed by atoms with van der Waals surface area (Å²) < 4.78 is 5.38. The Morgan fingerprint density at radius 3 is 1.72 bits per heavy atom. The van der Waals surface area contributed by atoms with Gasteiger partial charge in [0.15, 0.2) is 0 Å². The van der Waals surface area contributed by atoms with E-state index in [1.165, 1.54) is 12.1 Å². The van der Waals surface area contributed by atoms with E-state index in [4.69, 9.17) is 4.74 Å². The minimum atomic E-state index is -1.94. The number of carbonyl (C=O) groups is 2. The maximum Gasteiger partial charge on any atom is 0.353 e. The molecular weight excluding hydrogens is 316 g/mol. The fourth-order valence-electron chi connectivity index (χ4n) is 2.56. The Morgan fingerprint density at radius 2 is 1.28 bits per heavy atom. The Hall–Kier alpha value is -3.24. The number of aliphatic hydroxyl groups is 1. The molecule has 0 spiro atoms. The maximum atomic E-state index is 12.8. The zero-order valence-electron chi connectivity index (χ0n) is 13.3. The van der Waals surface area contributed by atoms with Crippen LogP contribution in [0.15, 0.2) is 84.9 Å². The summed E-state index contributed by atoms with van der Waals surface area (Å²) in [5, 5.41) is 11.3. The van der Waals surface area contributed by atoms with Crippen molar-refractivity contribution >= 4 is 12.3 Å². The fourth-order valence-corrected chi connectivity index (χ4v) is 2.56. The van der Waals surface area contributed by atoms with E-state index in [0.29, 0.717) is 23.0 Å². The van der Waals surface area contributed by atoms with E-state index in [1.807, 2.05) is 0 Å². The highest BCUT2D eigenvalue weighted by Crippen LogP contribution is 2.31. The van der Waals surface area contributed by atoms with E-state index in [-0.39, 0.29) is 5.75 Å². The maximum absolute atomic E-state index is 12.8. The van der Waals surface area contributed by atoms with E-state index in [0.717, 1.165) is 0 Å². The molecule has 0 aliphatic carbocycles. The van der Waals surface area contributed by atoms with Crippen LogP contribution in [-0.4, -0.2) is 17.4 Å². The van der Waals surface area contributed by atoms with Gasteiger partial charge in [-0.25, -0.2) is 4.79 Å². The Balaban J connectivity index is 1.99. The van der Waals surface area contributed by atoms with E-state index < -0.39 is 11.6 Å². The summed E-state index contributed by atoms with van der Waals surface area (Å²) in [7, 11) is 0. The summed E-state index contributed by atoms with van der Waals surface area (Å²) >= 11 is 0. The summed E-state index contributed by atoms with van der Waals surface area (Å²) in [4.78, 5) is 23.6. The van der Waals surface area contributed by atoms with Crippen LogP contribution in [0.2, 0.25) is 0 Å². The summed E-state index contributed by atoms with van der Waals surface area (Å²) in [6.07, 6.45) is 0.704. The summed E-state index contributed by atoms with van der Waals surface area (Å²) in [5.74, 6) is -0.565. The Bertz CT molecular complexity index is 816. The molecule has 3 rings (SSSR count). The van der Waals surface area contributed by atoms with Crippen molar-refractivity contribution in [3.8, 4) is 5.75 Å². The Kier molecular flexibility index (Phi) is 4.73. The molecule has 0 unspecified atom stereocenters. The third-order valence-electron chi connectivity index (χ3n) is 3.91. The highest BCUT2D eigenvalue weighted by atomic mass is 16.6. The molecule has 3 aromatic carbocycles. The normalized spacial score (nSPS) is 10.9. The number of carbonyl (C=O) groups excluding carboxylic acids is 2. The quantitative estimate of drug-likeness (QED) is 0.442. The van der Waals surface area contributed by atoms with Crippen molar-refractivity contribution < 1.29 is 19.4 Å². The van der Waals surface area contributed by atoms with Crippen molar-refractivity contribution in [1.29, 1.82) is 0 Å². The summed E-state index contributed by atoms with van der Waals surface area (Å²) in [5.41, 5.74) is -0.640. The zero-order valence-corrected chi connectivity index (χ0v) is 13.3. The second-order valence-electron chi connectivity index (χ2n) is 5.52. The highest BCUT2D eigenvalue weighted by molar-refractivity contribution is 5.87. The lowest BCUT2D eigenvalue weighted by Gasteiger charge is -2.27. The molecule has 0 radical (unpaired) electrons. The van der Waals surface area contributed by atoms with Crippen LogP contribution in [0.25, 0.3) is 0 Å². The zero-order chi connectivity index (χ0) is 17.7. The minimum absolute atomic E-state index is 0.251. The van der Waals surface area contributed by atoms with Crippen molar-refractivity contribution in [2.75, 3.05) is 0 Å². The number of benzene rings is 3. The first-order valence-corrected chi connectivity index (χ1v) is 7.75. The number of hydrogen-bond acceptors (Lipinski definition) is 4. The average Bonchev–Trinajstić information content (AvgIpc) is 2.69. The molecule has 0 amide bonds. The second-order valence-corrected chi connectivity index (χ2v) is 5.52. The SMILES string of the molecule is O=Cc1ccc(OC(=O)C(O)(c2ccccc2)c2ccccc2)cc1. The average molecular weight is 332 g/mol. The summed E-state index contributed by atoms with van der Waals surface area (Å²) in [6.45, 7) is 0. The van der Waals surface area contributed by atoms with Gasteiger partial charge in [-0.15, -0.1) is 0 Å². The monoisotopic (exact) mass is 332 g/mol. The molecule has 0 saturated heterocycles. The lowest BCUT2D eigenvalue weighted by Crippen LogP contribution is -2.40. The molecule has 0 fully saturated rings. The molecule has 0 aliphatic heterocycles. The van der Waals surface area contributed by atoms with Gasteiger partial charge in [0.1, 0.15) is 12.0 Å². The molecular formula is C21H16O4. The molecule has 3 aromatic rings. The van der Waals surface area contributed by atoms with Crippen LogP contribution in [0.5, 0.6) is 5.75 Å². The molecule has 0 saturated carbocycles. The lowest BCUT2D eigenvalue weighted by atomic mass is 9.86. The fraction of sp³-hybridized carbons (Fsp3) is 0.0476. The second kappa shape index (κ2) is 7.11. The number of hydrogen-bond donors (Lipinski definition) is 1. The van der Waals surface area contributed by atoms with E-state index in [9.17, 15) is 14.7 Å². The molecule has 0 bridgehead atoms. The number of rotatable bonds is 5. The van der Waals surface area contributed by atoms with Crippen molar-refractivity contribution in [1.82, 2.24) is 0 Å². The smallest absolute Gasteiger partial charge is 0.353 e. The van der Waals surface area contributed by atoms with E-state index in [1.54, 1.807) is 72.8 Å². The van der Waals surface area contributed by atoms with Gasteiger partial charge >= 0.3 is 5.97 Å². The van der Waals surface area contributed by atoms with E-state index in [2.05, 4.69) is 0 Å². The Labute approximate surface area is 145 Å². The first kappa shape index (κ1) is 16.6. The summed E-state index contributed by atoms with van der Waals surface area (Å²) in [6, 6.07) is 23.4. The van der Waals surface area contributed by atoms with Crippen LogP contribution in [-0.2, 0) is 10.4 Å². The minimum Gasteiger partial charge on any atom is -0.424 e. The van der Waals surface area contributed by atoms with Crippen LogP contribution in [0.4, 0.5) is 0 Å². The predicted molar refractivity (Wildman–Crippen MR) is 93.3 cm³/mol. The van der Waals surface area contributed by atoms with Gasteiger partial charge in [-0.2, -0.15) is 0 Å². The molecule has 4 heteroatoms. The molecule has 4 nitrogen and oxygen atoms in total. The van der Waals surface area contributed by atoms with Crippen LogP contribution in [0.1, 0.15) is 21.5 Å². The van der Waals surface area contributed by atoms with Crippen molar-refractivity contribution in [2.45, 2.75) is 5.60 Å². The van der Waals surface area contributed by atoms with Gasteiger partial charge in [0, 0.05) is 5.56 Å². The molecule has 25 heavy (non-hydrogen) atoms. The van der Waals surface area contributed by atoms with Gasteiger partial charge in [-0.3, -0.25) is 4.79 Å². The molecule has 1 N–H and O–H groups in total. The number of aldehydes is 1. The molecule has 0 aliphatic rings. The van der Waals surface area contributed by atoms with Crippen molar-refractivity contribution in [3.63, 3.8) is 0 Å².